The summed E-state index contributed by atoms with van der Waals surface area (Å²) < 4.78 is 11.9. The molecule has 142 valence electrons. The van der Waals surface area contributed by atoms with E-state index in [1.165, 1.54) is 22.7 Å². The molecule has 5 rings (SSSR count). The molecule has 0 amide bonds. The Morgan fingerprint density at radius 2 is 1.97 bits per heavy atom. The summed E-state index contributed by atoms with van der Waals surface area (Å²) in [5.41, 5.74) is 1.15. The van der Waals surface area contributed by atoms with E-state index >= 15 is 0 Å². The third kappa shape index (κ3) is 3.57. The molecule has 0 saturated carbocycles. The van der Waals surface area contributed by atoms with Gasteiger partial charge in [0, 0.05) is 16.3 Å². The number of rotatable bonds is 4. The number of carbonyl (C=O) groups is 1. The summed E-state index contributed by atoms with van der Waals surface area (Å²) >= 11 is 2.95. The zero-order chi connectivity index (χ0) is 19.8. The van der Waals surface area contributed by atoms with E-state index in [1.54, 1.807) is 24.3 Å². The van der Waals surface area contributed by atoms with Gasteiger partial charge in [-0.05, 0) is 41.8 Å². The molecule has 5 aromatic rings. The molecular formula is C22H13NO4S2. The second-order valence-corrected chi connectivity index (χ2v) is 8.43. The lowest BCUT2D eigenvalue weighted by Gasteiger charge is -2.05. The predicted octanol–water partition coefficient (Wildman–Crippen LogP) is 5.28. The monoisotopic (exact) mass is 419 g/mol. The van der Waals surface area contributed by atoms with Crippen LogP contribution in [0.5, 0.6) is 5.75 Å². The van der Waals surface area contributed by atoms with E-state index in [4.69, 9.17) is 9.15 Å². The predicted molar refractivity (Wildman–Crippen MR) is 115 cm³/mol. The van der Waals surface area contributed by atoms with Crippen LogP contribution >= 0.6 is 22.7 Å². The van der Waals surface area contributed by atoms with Crippen LogP contribution in [0.3, 0.4) is 0 Å². The van der Waals surface area contributed by atoms with Crippen LogP contribution in [0.15, 0.2) is 75.3 Å². The van der Waals surface area contributed by atoms with E-state index in [9.17, 15) is 9.59 Å². The van der Waals surface area contributed by atoms with Crippen LogP contribution in [0, 0.1) is 0 Å². The van der Waals surface area contributed by atoms with Gasteiger partial charge >= 0.3 is 11.6 Å². The van der Waals surface area contributed by atoms with Crippen molar-refractivity contribution in [2.75, 3.05) is 0 Å². The lowest BCUT2D eigenvalue weighted by atomic mass is 10.2. The lowest BCUT2D eigenvalue weighted by molar-refractivity contribution is -0.133. The fourth-order valence-electron chi connectivity index (χ4n) is 3.01. The number of thiophene rings is 1. The minimum absolute atomic E-state index is 0.205. The highest BCUT2D eigenvalue weighted by Gasteiger charge is 2.14. The van der Waals surface area contributed by atoms with Crippen LogP contribution in [-0.2, 0) is 11.2 Å². The van der Waals surface area contributed by atoms with Crippen molar-refractivity contribution < 1.29 is 13.9 Å². The molecule has 0 radical (unpaired) electrons. The molecule has 0 aliphatic heterocycles. The zero-order valence-corrected chi connectivity index (χ0v) is 16.6. The van der Waals surface area contributed by atoms with Gasteiger partial charge in [0.2, 0.25) is 0 Å². The van der Waals surface area contributed by atoms with Crippen molar-refractivity contribution in [3.63, 3.8) is 0 Å². The quantitative estimate of drug-likeness (QED) is 0.225. The average molecular weight is 419 g/mol. The van der Waals surface area contributed by atoms with Crippen molar-refractivity contribution >= 4 is 49.8 Å². The van der Waals surface area contributed by atoms with Gasteiger partial charge in [-0.3, -0.25) is 4.79 Å². The normalized spacial score (nSPS) is 11.2. The second-order valence-electron chi connectivity index (χ2n) is 6.36. The summed E-state index contributed by atoms with van der Waals surface area (Å²) in [6.07, 6.45) is 0.205. The van der Waals surface area contributed by atoms with Gasteiger partial charge in [-0.2, -0.15) is 0 Å². The summed E-state index contributed by atoms with van der Waals surface area (Å²) in [4.78, 5) is 30.1. The standard InChI is InChI=1S/C22H13NO4S2/c24-20(12-15-4-3-9-28-15)26-14-8-7-13-10-16(22(25)27-18(13)11-14)21-23-17-5-1-2-6-19(17)29-21/h1-11H,12H2. The maximum absolute atomic E-state index is 12.5. The first-order chi connectivity index (χ1) is 14.2. The van der Waals surface area contributed by atoms with Crippen LogP contribution in [0.1, 0.15) is 4.88 Å². The number of fused-ring (bicyclic) bond motifs is 2. The molecular weight excluding hydrogens is 406 g/mol. The molecule has 0 atom stereocenters. The Hall–Kier alpha value is -3.29. The fraction of sp³-hybridized carbons (Fsp3) is 0.0455. The Kier molecular flexibility index (Phi) is 4.46. The molecule has 3 heterocycles. The Labute approximate surface area is 172 Å². The van der Waals surface area contributed by atoms with Gasteiger partial charge < -0.3 is 9.15 Å². The topological polar surface area (TPSA) is 69.4 Å². The SMILES string of the molecule is O=C(Cc1cccs1)Oc1ccc2cc(-c3nc4ccccc4s3)c(=O)oc2c1. The van der Waals surface area contributed by atoms with Crippen molar-refractivity contribution in [2.45, 2.75) is 6.42 Å². The summed E-state index contributed by atoms with van der Waals surface area (Å²) in [5.74, 6) is -0.0183. The van der Waals surface area contributed by atoms with Gasteiger partial charge in [0.1, 0.15) is 16.3 Å². The fourth-order valence-corrected chi connectivity index (χ4v) is 4.67. The third-order valence-electron chi connectivity index (χ3n) is 4.36. The smallest absolute Gasteiger partial charge is 0.346 e. The number of nitrogens with zero attached hydrogens (tertiary/aromatic N) is 1. The van der Waals surface area contributed by atoms with Crippen LogP contribution in [-0.4, -0.2) is 11.0 Å². The number of aromatic nitrogens is 1. The highest BCUT2D eigenvalue weighted by Crippen LogP contribution is 2.30. The molecule has 0 unspecified atom stereocenters. The van der Waals surface area contributed by atoms with Crippen LogP contribution < -0.4 is 10.4 Å². The average Bonchev–Trinajstić information content (AvgIpc) is 3.36. The van der Waals surface area contributed by atoms with E-state index in [-0.39, 0.29) is 12.4 Å². The molecule has 0 bridgehead atoms. The molecule has 0 fully saturated rings. The van der Waals surface area contributed by atoms with E-state index in [1.807, 2.05) is 41.8 Å². The van der Waals surface area contributed by atoms with Crippen LogP contribution in [0.4, 0.5) is 0 Å². The summed E-state index contributed by atoms with van der Waals surface area (Å²) in [6, 6.07) is 18.3. The van der Waals surface area contributed by atoms with Gasteiger partial charge in [0.15, 0.2) is 0 Å². The lowest BCUT2D eigenvalue weighted by Crippen LogP contribution is -2.10. The highest BCUT2D eigenvalue weighted by molar-refractivity contribution is 7.21. The van der Waals surface area contributed by atoms with E-state index in [2.05, 4.69) is 4.98 Å². The molecule has 0 spiro atoms. The number of hydrogen-bond donors (Lipinski definition) is 0. The maximum Gasteiger partial charge on any atom is 0.346 e. The van der Waals surface area contributed by atoms with Gasteiger partial charge in [0.05, 0.1) is 22.2 Å². The van der Waals surface area contributed by atoms with Crippen molar-refractivity contribution in [3.05, 3.63) is 81.3 Å². The molecule has 0 N–H and O–H groups in total. The first-order valence-electron chi connectivity index (χ1n) is 8.83. The van der Waals surface area contributed by atoms with Crippen LogP contribution in [0.2, 0.25) is 0 Å². The van der Waals surface area contributed by atoms with Gasteiger partial charge in [0.25, 0.3) is 0 Å². The molecule has 7 heteroatoms. The summed E-state index contributed by atoms with van der Waals surface area (Å²) in [5, 5.41) is 3.27. The minimum atomic E-state index is -0.474. The number of para-hydroxylation sites is 1. The molecule has 5 nitrogen and oxygen atoms in total. The van der Waals surface area contributed by atoms with Gasteiger partial charge in [-0.25, -0.2) is 9.78 Å². The Morgan fingerprint density at radius 1 is 1.07 bits per heavy atom. The molecule has 0 saturated heterocycles. The number of hydrogen-bond acceptors (Lipinski definition) is 7. The van der Waals surface area contributed by atoms with Crippen molar-refractivity contribution in [3.8, 4) is 16.3 Å². The second kappa shape index (κ2) is 7.27. The van der Waals surface area contributed by atoms with E-state index < -0.39 is 5.63 Å². The minimum Gasteiger partial charge on any atom is -0.426 e. The van der Waals surface area contributed by atoms with Crippen molar-refractivity contribution in [2.24, 2.45) is 0 Å². The van der Waals surface area contributed by atoms with Crippen molar-refractivity contribution in [1.82, 2.24) is 4.98 Å². The number of thiazole rings is 1. The zero-order valence-electron chi connectivity index (χ0n) is 15.0. The van der Waals surface area contributed by atoms with Crippen LogP contribution in [0.25, 0.3) is 31.8 Å². The molecule has 0 aliphatic rings. The summed E-state index contributed by atoms with van der Waals surface area (Å²) in [6.45, 7) is 0. The van der Waals surface area contributed by atoms with Gasteiger partial charge in [-0.15, -0.1) is 22.7 Å². The largest absolute Gasteiger partial charge is 0.426 e. The third-order valence-corrected chi connectivity index (χ3v) is 6.31. The van der Waals surface area contributed by atoms with Crippen molar-refractivity contribution in [1.29, 1.82) is 0 Å². The van der Waals surface area contributed by atoms with Gasteiger partial charge in [-0.1, -0.05) is 18.2 Å². The Morgan fingerprint density at radius 3 is 2.79 bits per heavy atom. The number of carbonyl (C=O) groups excluding carboxylic acids is 1. The highest BCUT2D eigenvalue weighted by atomic mass is 32.1. The Balaban J connectivity index is 1.46. The number of benzene rings is 2. The molecule has 3 aromatic heterocycles. The number of esters is 1. The van der Waals surface area contributed by atoms with E-state index in [0.717, 1.165) is 20.5 Å². The first kappa shape index (κ1) is 17.8. The maximum atomic E-state index is 12.5. The molecule has 2 aromatic carbocycles. The van der Waals surface area contributed by atoms with E-state index in [0.29, 0.717) is 21.9 Å². The molecule has 29 heavy (non-hydrogen) atoms. The Bertz CT molecular complexity index is 1370. The summed E-state index contributed by atoms with van der Waals surface area (Å²) in [7, 11) is 0. The number of ether oxygens (including phenoxy) is 1. The molecule has 0 aliphatic carbocycles. The first-order valence-corrected chi connectivity index (χ1v) is 10.5.